The summed E-state index contributed by atoms with van der Waals surface area (Å²) < 4.78 is 26.4. The number of nitrogens with two attached hydrogens (primary N) is 1. The van der Waals surface area contributed by atoms with E-state index in [1.54, 1.807) is 18.3 Å². The van der Waals surface area contributed by atoms with Crippen LogP contribution in [-0.4, -0.2) is 13.4 Å². The van der Waals surface area contributed by atoms with Crippen LogP contribution < -0.4 is 10.5 Å². The number of hydrogen-bond acceptors (Lipinski definition) is 4. The molecule has 0 aliphatic rings. The first-order valence-electron chi connectivity index (χ1n) is 4.97. The summed E-state index contributed by atoms with van der Waals surface area (Å²) in [5.74, 6) is 0. The summed E-state index contributed by atoms with van der Waals surface area (Å²) in [7, 11) is -3.68. The summed E-state index contributed by atoms with van der Waals surface area (Å²) in [6.45, 7) is 0. The minimum Gasteiger partial charge on any atom is -0.398 e. The van der Waals surface area contributed by atoms with E-state index in [9.17, 15) is 8.42 Å². The Balaban J connectivity index is 2.34. The second-order valence-corrected chi connectivity index (χ2v) is 5.62. The fraction of sp³-hybridized carbons (Fsp3) is 0. The maximum atomic E-state index is 12.0. The van der Waals surface area contributed by atoms with Gasteiger partial charge in [0.15, 0.2) is 0 Å². The predicted molar refractivity (Wildman–Crippen MR) is 70.9 cm³/mol. The van der Waals surface area contributed by atoms with Gasteiger partial charge in [-0.15, -0.1) is 0 Å². The number of rotatable bonds is 3. The highest BCUT2D eigenvalue weighted by molar-refractivity contribution is 7.92. The molecule has 0 amide bonds. The summed E-state index contributed by atoms with van der Waals surface area (Å²) in [4.78, 5) is 3.87. The van der Waals surface area contributed by atoms with Gasteiger partial charge in [0, 0.05) is 6.20 Å². The van der Waals surface area contributed by atoms with Gasteiger partial charge in [-0.05, 0) is 30.3 Å². The molecule has 7 heteroatoms. The van der Waals surface area contributed by atoms with Crippen LogP contribution in [0.5, 0.6) is 0 Å². The largest absolute Gasteiger partial charge is 0.398 e. The van der Waals surface area contributed by atoms with Gasteiger partial charge in [-0.1, -0.05) is 11.6 Å². The molecule has 0 fully saturated rings. The van der Waals surface area contributed by atoms with E-state index in [4.69, 9.17) is 17.3 Å². The zero-order valence-electron chi connectivity index (χ0n) is 9.17. The summed E-state index contributed by atoms with van der Waals surface area (Å²) in [6, 6.07) is 7.37. The van der Waals surface area contributed by atoms with Crippen LogP contribution in [0.4, 0.5) is 11.4 Å². The highest BCUT2D eigenvalue weighted by atomic mass is 35.5. The monoisotopic (exact) mass is 283 g/mol. The average molecular weight is 284 g/mol. The summed E-state index contributed by atoms with van der Waals surface area (Å²) >= 11 is 5.79. The number of nitrogens with one attached hydrogen (secondary N) is 1. The molecule has 3 N–H and O–H groups in total. The number of nitrogen functional groups attached to an aromatic ring is 1. The standard InChI is InChI=1S/C11H10ClN3O2S/c12-10-6-9(3-4-11(10)13)18(16,17)15-8-2-1-5-14-7-8/h1-7,15H,13H2. The van der Waals surface area contributed by atoms with Crippen molar-refractivity contribution in [3.05, 3.63) is 47.7 Å². The van der Waals surface area contributed by atoms with Gasteiger partial charge in [0.05, 0.1) is 27.5 Å². The topological polar surface area (TPSA) is 85.1 Å². The molecule has 2 aromatic rings. The van der Waals surface area contributed by atoms with Crippen molar-refractivity contribution in [2.24, 2.45) is 0 Å². The van der Waals surface area contributed by atoms with E-state index in [0.717, 1.165) is 0 Å². The number of benzene rings is 1. The smallest absolute Gasteiger partial charge is 0.261 e. The van der Waals surface area contributed by atoms with Gasteiger partial charge in [0.2, 0.25) is 0 Å². The Hall–Kier alpha value is -1.79. The second kappa shape index (κ2) is 4.83. The van der Waals surface area contributed by atoms with E-state index < -0.39 is 10.0 Å². The number of nitrogens with zero attached hydrogens (tertiary/aromatic N) is 1. The van der Waals surface area contributed by atoms with Crippen LogP contribution in [0.25, 0.3) is 0 Å². The molecule has 0 aliphatic heterocycles. The first kappa shape index (κ1) is 12.7. The van der Waals surface area contributed by atoms with Gasteiger partial charge in [0.25, 0.3) is 10.0 Å². The number of hydrogen-bond donors (Lipinski definition) is 2. The Bertz CT molecular complexity index is 659. The highest BCUT2D eigenvalue weighted by Crippen LogP contribution is 2.23. The third kappa shape index (κ3) is 2.72. The van der Waals surface area contributed by atoms with Crippen molar-refractivity contribution in [1.82, 2.24) is 4.98 Å². The van der Waals surface area contributed by atoms with Gasteiger partial charge in [0.1, 0.15) is 0 Å². The van der Waals surface area contributed by atoms with E-state index in [2.05, 4.69) is 9.71 Å². The summed E-state index contributed by atoms with van der Waals surface area (Å²) in [6.07, 6.45) is 2.97. The maximum absolute atomic E-state index is 12.0. The van der Waals surface area contributed by atoms with Crippen LogP contribution in [0.3, 0.4) is 0 Å². The predicted octanol–water partition coefficient (Wildman–Crippen LogP) is 2.12. The van der Waals surface area contributed by atoms with Crippen LogP contribution in [0, 0.1) is 0 Å². The van der Waals surface area contributed by atoms with Crippen molar-refractivity contribution in [1.29, 1.82) is 0 Å². The normalized spacial score (nSPS) is 11.2. The number of sulfonamides is 1. The summed E-state index contributed by atoms with van der Waals surface area (Å²) in [5.41, 5.74) is 6.24. The van der Waals surface area contributed by atoms with Gasteiger partial charge >= 0.3 is 0 Å². The lowest BCUT2D eigenvalue weighted by molar-refractivity contribution is 0.601. The zero-order valence-corrected chi connectivity index (χ0v) is 10.7. The molecule has 0 atom stereocenters. The Morgan fingerprint density at radius 3 is 2.67 bits per heavy atom. The van der Waals surface area contributed by atoms with Crippen LogP contribution in [0.15, 0.2) is 47.6 Å². The lowest BCUT2D eigenvalue weighted by Crippen LogP contribution is -2.13. The molecule has 0 saturated carbocycles. The minimum atomic E-state index is -3.68. The zero-order chi connectivity index (χ0) is 13.2. The molecule has 0 aliphatic carbocycles. The molecule has 1 aromatic carbocycles. The van der Waals surface area contributed by atoms with E-state index in [1.807, 2.05) is 0 Å². The Kier molecular flexibility index (Phi) is 3.40. The fourth-order valence-corrected chi connectivity index (χ4v) is 2.63. The molecule has 2 rings (SSSR count). The third-order valence-electron chi connectivity index (χ3n) is 2.20. The Labute approximate surface area is 110 Å². The van der Waals surface area contributed by atoms with E-state index >= 15 is 0 Å². The first-order chi connectivity index (χ1) is 8.49. The Morgan fingerprint density at radius 2 is 2.06 bits per heavy atom. The van der Waals surface area contributed by atoms with Crippen molar-refractivity contribution in [2.45, 2.75) is 4.90 Å². The highest BCUT2D eigenvalue weighted by Gasteiger charge is 2.15. The van der Waals surface area contributed by atoms with Crippen LogP contribution >= 0.6 is 11.6 Å². The lowest BCUT2D eigenvalue weighted by Gasteiger charge is -2.08. The van der Waals surface area contributed by atoms with E-state index in [0.29, 0.717) is 11.4 Å². The van der Waals surface area contributed by atoms with Crippen molar-refractivity contribution in [3.8, 4) is 0 Å². The molecule has 18 heavy (non-hydrogen) atoms. The van der Waals surface area contributed by atoms with Crippen LogP contribution in [0.2, 0.25) is 5.02 Å². The third-order valence-corrected chi connectivity index (χ3v) is 3.90. The molecule has 1 aromatic heterocycles. The maximum Gasteiger partial charge on any atom is 0.261 e. The second-order valence-electron chi connectivity index (χ2n) is 3.53. The van der Waals surface area contributed by atoms with Crippen molar-refractivity contribution < 1.29 is 8.42 Å². The van der Waals surface area contributed by atoms with E-state index in [1.165, 1.54) is 24.4 Å². The molecular weight excluding hydrogens is 274 g/mol. The molecule has 94 valence electrons. The van der Waals surface area contributed by atoms with Crippen molar-refractivity contribution in [2.75, 3.05) is 10.5 Å². The average Bonchev–Trinajstić information content (AvgIpc) is 2.33. The number of halogens is 1. The molecule has 0 spiro atoms. The SMILES string of the molecule is Nc1ccc(S(=O)(=O)Nc2cccnc2)cc1Cl. The molecular formula is C11H10ClN3O2S. The molecule has 0 radical (unpaired) electrons. The lowest BCUT2D eigenvalue weighted by atomic mass is 10.3. The first-order valence-corrected chi connectivity index (χ1v) is 6.83. The van der Waals surface area contributed by atoms with Crippen LogP contribution in [-0.2, 0) is 10.0 Å². The minimum absolute atomic E-state index is 0.0468. The molecule has 0 saturated heterocycles. The molecule has 0 unspecified atom stereocenters. The number of aromatic nitrogens is 1. The van der Waals surface area contributed by atoms with E-state index in [-0.39, 0.29) is 9.92 Å². The van der Waals surface area contributed by atoms with Gasteiger partial charge in [-0.3, -0.25) is 9.71 Å². The Morgan fingerprint density at radius 1 is 1.28 bits per heavy atom. The molecule has 0 bridgehead atoms. The van der Waals surface area contributed by atoms with Crippen LogP contribution in [0.1, 0.15) is 0 Å². The van der Waals surface area contributed by atoms with Gasteiger partial charge in [-0.2, -0.15) is 0 Å². The summed E-state index contributed by atoms with van der Waals surface area (Å²) in [5, 5.41) is 0.198. The van der Waals surface area contributed by atoms with Crippen molar-refractivity contribution in [3.63, 3.8) is 0 Å². The fourth-order valence-electron chi connectivity index (χ4n) is 1.31. The van der Waals surface area contributed by atoms with Crippen molar-refractivity contribution >= 4 is 33.0 Å². The number of pyridine rings is 1. The quantitative estimate of drug-likeness (QED) is 0.845. The molecule has 1 heterocycles. The van der Waals surface area contributed by atoms with Gasteiger partial charge in [-0.25, -0.2) is 8.42 Å². The van der Waals surface area contributed by atoms with Gasteiger partial charge < -0.3 is 5.73 Å². The molecule has 5 nitrogen and oxygen atoms in total. The number of anilines is 2.